The van der Waals surface area contributed by atoms with Crippen LogP contribution >= 0.6 is 23.2 Å². The third kappa shape index (κ3) is 4.36. The van der Waals surface area contributed by atoms with Gasteiger partial charge in [0.25, 0.3) is 0 Å². The summed E-state index contributed by atoms with van der Waals surface area (Å²) in [6.45, 7) is 5.75. The van der Waals surface area contributed by atoms with Gasteiger partial charge < -0.3 is 10.5 Å². The lowest BCUT2D eigenvalue weighted by Crippen LogP contribution is -2.41. The van der Waals surface area contributed by atoms with E-state index in [0.29, 0.717) is 28.2 Å². The van der Waals surface area contributed by atoms with Gasteiger partial charge in [-0.1, -0.05) is 47.5 Å². The van der Waals surface area contributed by atoms with Gasteiger partial charge in [0.05, 0.1) is 5.92 Å². The predicted octanol–water partition coefficient (Wildman–Crippen LogP) is 5.86. The molecule has 2 aliphatic rings. The Bertz CT molecular complexity index is 1120. The van der Waals surface area contributed by atoms with Gasteiger partial charge in [0, 0.05) is 34.7 Å². The monoisotopic (exact) mass is 451 g/mol. The molecule has 0 saturated carbocycles. The second-order valence-corrected chi connectivity index (χ2v) is 8.92. The zero-order valence-corrected chi connectivity index (χ0v) is 18.9. The summed E-state index contributed by atoms with van der Waals surface area (Å²) in [4.78, 5) is 2.36. The zero-order chi connectivity index (χ0) is 22.1. The topological polar surface area (TPSA) is 62.3 Å². The molecular formula is C25H23Cl2N3O. The van der Waals surface area contributed by atoms with Crippen LogP contribution < -0.4 is 5.73 Å². The molecule has 0 spiro atoms. The van der Waals surface area contributed by atoms with Gasteiger partial charge in [0.2, 0.25) is 5.88 Å². The quantitative estimate of drug-likeness (QED) is 0.634. The molecule has 4 nitrogen and oxygen atoms in total. The van der Waals surface area contributed by atoms with Crippen LogP contribution in [0.5, 0.6) is 0 Å². The highest BCUT2D eigenvalue weighted by Gasteiger charge is 2.38. The Labute approximate surface area is 192 Å². The summed E-state index contributed by atoms with van der Waals surface area (Å²) >= 11 is 12.2. The first kappa shape index (κ1) is 21.5. The fourth-order valence-electron chi connectivity index (χ4n) is 4.06. The summed E-state index contributed by atoms with van der Waals surface area (Å²) in [6, 6.07) is 17.9. The van der Waals surface area contributed by atoms with E-state index < -0.39 is 0 Å². The molecule has 0 aromatic heterocycles. The van der Waals surface area contributed by atoms with Crippen LogP contribution in [0.2, 0.25) is 10.0 Å². The third-order valence-corrected chi connectivity index (χ3v) is 6.21. The SMILES string of the molecule is CC(C)N1CC2=C(OC(N)=C(C#N)C2c2ccc(Cl)cc2)/C(=C/c2ccc(Cl)cc2)C1. The summed E-state index contributed by atoms with van der Waals surface area (Å²) in [5.41, 5.74) is 10.7. The summed E-state index contributed by atoms with van der Waals surface area (Å²) in [7, 11) is 0. The molecule has 31 heavy (non-hydrogen) atoms. The lowest BCUT2D eigenvalue weighted by Gasteiger charge is -2.39. The summed E-state index contributed by atoms with van der Waals surface area (Å²) in [5, 5.41) is 11.2. The number of hydrogen-bond acceptors (Lipinski definition) is 4. The zero-order valence-electron chi connectivity index (χ0n) is 17.4. The minimum absolute atomic E-state index is 0.154. The molecule has 2 aromatic rings. The van der Waals surface area contributed by atoms with Gasteiger partial charge in [0.1, 0.15) is 17.4 Å². The Morgan fingerprint density at radius 3 is 2.26 bits per heavy atom. The summed E-state index contributed by atoms with van der Waals surface area (Å²) in [6.07, 6.45) is 2.10. The molecule has 0 amide bonds. The van der Waals surface area contributed by atoms with Crippen LogP contribution in [-0.4, -0.2) is 24.0 Å². The Morgan fingerprint density at radius 2 is 1.68 bits per heavy atom. The van der Waals surface area contributed by atoms with Crippen molar-refractivity contribution in [2.45, 2.75) is 25.8 Å². The summed E-state index contributed by atoms with van der Waals surface area (Å²) < 4.78 is 6.07. The number of ether oxygens (including phenoxy) is 1. The maximum absolute atomic E-state index is 9.88. The Balaban J connectivity index is 1.88. The van der Waals surface area contributed by atoms with Crippen molar-refractivity contribution in [1.82, 2.24) is 4.90 Å². The van der Waals surface area contributed by atoms with E-state index in [1.165, 1.54) is 0 Å². The molecule has 4 rings (SSSR count). The third-order valence-electron chi connectivity index (χ3n) is 5.71. The van der Waals surface area contributed by atoms with Crippen molar-refractivity contribution in [1.29, 1.82) is 5.26 Å². The molecule has 1 atom stereocenters. The van der Waals surface area contributed by atoms with Crippen molar-refractivity contribution in [3.8, 4) is 6.07 Å². The van der Waals surface area contributed by atoms with Gasteiger partial charge in [-0.15, -0.1) is 0 Å². The molecule has 2 heterocycles. The number of rotatable bonds is 3. The fraction of sp³-hybridized carbons (Fsp3) is 0.240. The van der Waals surface area contributed by atoms with Crippen molar-refractivity contribution in [2.24, 2.45) is 5.73 Å². The number of halogens is 2. The second-order valence-electron chi connectivity index (χ2n) is 8.05. The van der Waals surface area contributed by atoms with Crippen LogP contribution in [0.25, 0.3) is 6.08 Å². The van der Waals surface area contributed by atoms with Gasteiger partial charge in [-0.2, -0.15) is 5.26 Å². The van der Waals surface area contributed by atoms with Crippen LogP contribution in [0, 0.1) is 11.3 Å². The highest BCUT2D eigenvalue weighted by molar-refractivity contribution is 6.30. The molecule has 0 fully saturated rings. The minimum atomic E-state index is -0.277. The van der Waals surface area contributed by atoms with Crippen molar-refractivity contribution in [3.05, 3.63) is 98.1 Å². The van der Waals surface area contributed by atoms with Gasteiger partial charge in [-0.25, -0.2) is 0 Å². The number of hydrogen-bond donors (Lipinski definition) is 1. The van der Waals surface area contributed by atoms with E-state index in [1.54, 1.807) is 0 Å². The smallest absolute Gasteiger partial charge is 0.205 e. The van der Waals surface area contributed by atoms with Gasteiger partial charge in [-0.3, -0.25) is 4.90 Å². The Morgan fingerprint density at radius 1 is 1.06 bits per heavy atom. The molecule has 2 aromatic carbocycles. The minimum Gasteiger partial charge on any atom is -0.440 e. The fourth-order valence-corrected chi connectivity index (χ4v) is 4.31. The lowest BCUT2D eigenvalue weighted by molar-refractivity contribution is 0.208. The van der Waals surface area contributed by atoms with E-state index >= 15 is 0 Å². The normalized spacial score (nSPS) is 20.6. The van der Waals surface area contributed by atoms with E-state index in [9.17, 15) is 5.26 Å². The molecule has 158 valence electrons. The molecule has 6 heteroatoms. The van der Waals surface area contributed by atoms with Crippen LogP contribution in [-0.2, 0) is 4.74 Å². The average molecular weight is 452 g/mol. The van der Waals surface area contributed by atoms with Gasteiger partial charge in [-0.05, 0) is 60.9 Å². The standard InChI is InChI=1S/C25H23Cl2N3O/c1-15(2)30-13-18(11-16-3-7-19(26)8-4-16)24-22(14-30)23(21(12-28)25(29)31-24)17-5-9-20(27)10-6-17/h3-11,15,23H,13-14,29H2,1-2H3/b18-11+. The highest BCUT2D eigenvalue weighted by atomic mass is 35.5. The van der Waals surface area contributed by atoms with E-state index in [2.05, 4.69) is 30.9 Å². The molecular weight excluding hydrogens is 429 g/mol. The van der Waals surface area contributed by atoms with E-state index in [0.717, 1.165) is 34.6 Å². The first-order valence-corrected chi connectivity index (χ1v) is 10.9. The second kappa shape index (κ2) is 8.80. The van der Waals surface area contributed by atoms with Gasteiger partial charge in [0.15, 0.2) is 0 Å². The van der Waals surface area contributed by atoms with Crippen LogP contribution in [0.4, 0.5) is 0 Å². The number of nitrogens with two attached hydrogens (primary N) is 1. The molecule has 2 N–H and O–H groups in total. The summed E-state index contributed by atoms with van der Waals surface area (Å²) in [5.74, 6) is 0.630. The number of nitriles is 1. The largest absolute Gasteiger partial charge is 0.440 e. The first-order valence-electron chi connectivity index (χ1n) is 10.1. The highest BCUT2D eigenvalue weighted by Crippen LogP contribution is 2.44. The van der Waals surface area contributed by atoms with E-state index in [-0.39, 0.29) is 11.8 Å². The van der Waals surface area contributed by atoms with Crippen LogP contribution in [0.1, 0.15) is 30.9 Å². The maximum atomic E-state index is 9.88. The van der Waals surface area contributed by atoms with Crippen molar-refractivity contribution >= 4 is 29.3 Å². The molecule has 0 radical (unpaired) electrons. The van der Waals surface area contributed by atoms with E-state index in [1.807, 2.05) is 48.5 Å². The number of allylic oxidation sites excluding steroid dienone is 1. The number of nitrogens with zero attached hydrogens (tertiary/aromatic N) is 2. The molecule has 0 bridgehead atoms. The number of benzene rings is 2. The molecule has 0 saturated heterocycles. The lowest BCUT2D eigenvalue weighted by atomic mass is 9.80. The van der Waals surface area contributed by atoms with Crippen LogP contribution in [0.3, 0.4) is 0 Å². The maximum Gasteiger partial charge on any atom is 0.205 e. The van der Waals surface area contributed by atoms with Crippen LogP contribution in [0.15, 0.2) is 76.9 Å². The van der Waals surface area contributed by atoms with E-state index in [4.69, 9.17) is 33.7 Å². The van der Waals surface area contributed by atoms with Crippen molar-refractivity contribution < 1.29 is 4.74 Å². The molecule has 1 unspecified atom stereocenters. The predicted molar refractivity (Wildman–Crippen MR) is 125 cm³/mol. The Hall–Kier alpha value is -2.71. The molecule has 2 aliphatic heterocycles. The average Bonchev–Trinajstić information content (AvgIpc) is 2.75. The Kier molecular flexibility index (Phi) is 6.11. The van der Waals surface area contributed by atoms with Crippen molar-refractivity contribution in [2.75, 3.05) is 13.1 Å². The first-order chi connectivity index (χ1) is 14.9. The van der Waals surface area contributed by atoms with Gasteiger partial charge >= 0.3 is 0 Å². The molecule has 0 aliphatic carbocycles. The van der Waals surface area contributed by atoms with Crippen molar-refractivity contribution in [3.63, 3.8) is 0 Å².